The molecule has 0 spiro atoms. The molecule has 84 valence electrons. The van der Waals surface area contributed by atoms with Gasteiger partial charge >= 0.3 is 0 Å². The van der Waals surface area contributed by atoms with Gasteiger partial charge in [-0.3, -0.25) is 4.79 Å². The summed E-state index contributed by atoms with van der Waals surface area (Å²) in [6.45, 7) is 1.41. The molecule has 1 aromatic heterocycles. The normalized spacial score (nSPS) is 10.3. The fourth-order valence-electron chi connectivity index (χ4n) is 1.31. The van der Waals surface area contributed by atoms with Crippen LogP contribution in [0.25, 0.3) is 0 Å². The molecule has 0 radical (unpaired) electrons. The average Bonchev–Trinajstić information content (AvgIpc) is 2.62. The Bertz CT molecular complexity index is 319. The van der Waals surface area contributed by atoms with Crippen LogP contribution in [0.4, 0.5) is 0 Å². The standard InChI is InChI=1S/C10H18N4O/c1-11-8-9-12-5-7-14(9)6-4-10(15)13(2)3/h5,7,11H,4,6,8H2,1-3H3. The van der Waals surface area contributed by atoms with Gasteiger partial charge < -0.3 is 14.8 Å². The maximum atomic E-state index is 11.4. The third kappa shape index (κ3) is 3.36. The average molecular weight is 210 g/mol. The van der Waals surface area contributed by atoms with Crippen molar-refractivity contribution in [1.82, 2.24) is 19.8 Å². The van der Waals surface area contributed by atoms with Gasteiger partial charge in [0.15, 0.2) is 0 Å². The van der Waals surface area contributed by atoms with Crippen LogP contribution >= 0.6 is 0 Å². The van der Waals surface area contributed by atoms with Gasteiger partial charge in [0.2, 0.25) is 5.91 Å². The van der Waals surface area contributed by atoms with Crippen LogP contribution in [0.2, 0.25) is 0 Å². The molecule has 0 bridgehead atoms. The van der Waals surface area contributed by atoms with Crippen molar-refractivity contribution in [1.29, 1.82) is 0 Å². The summed E-state index contributed by atoms with van der Waals surface area (Å²) in [5, 5.41) is 3.04. The number of nitrogens with one attached hydrogen (secondary N) is 1. The van der Waals surface area contributed by atoms with Crippen molar-refractivity contribution in [2.75, 3.05) is 21.1 Å². The third-order valence-electron chi connectivity index (χ3n) is 2.20. The van der Waals surface area contributed by atoms with E-state index in [1.807, 2.05) is 17.8 Å². The first-order valence-corrected chi connectivity index (χ1v) is 5.00. The van der Waals surface area contributed by atoms with Crippen LogP contribution in [-0.4, -0.2) is 41.5 Å². The molecule has 1 N–H and O–H groups in total. The highest BCUT2D eigenvalue weighted by atomic mass is 16.2. The topological polar surface area (TPSA) is 50.2 Å². The number of amides is 1. The Morgan fingerprint density at radius 3 is 2.93 bits per heavy atom. The number of aryl methyl sites for hydroxylation is 1. The Hall–Kier alpha value is -1.36. The minimum absolute atomic E-state index is 0.138. The maximum absolute atomic E-state index is 11.4. The van der Waals surface area contributed by atoms with E-state index in [0.717, 1.165) is 12.4 Å². The van der Waals surface area contributed by atoms with E-state index in [9.17, 15) is 4.79 Å². The molecule has 5 nitrogen and oxygen atoms in total. The van der Waals surface area contributed by atoms with Gasteiger partial charge in [-0.1, -0.05) is 0 Å². The van der Waals surface area contributed by atoms with E-state index in [-0.39, 0.29) is 5.91 Å². The fourth-order valence-corrected chi connectivity index (χ4v) is 1.31. The molecule has 0 aromatic carbocycles. The molecule has 15 heavy (non-hydrogen) atoms. The number of nitrogens with zero attached hydrogens (tertiary/aromatic N) is 3. The fraction of sp³-hybridized carbons (Fsp3) is 0.600. The van der Waals surface area contributed by atoms with Crippen LogP contribution in [0.5, 0.6) is 0 Å². The van der Waals surface area contributed by atoms with Gasteiger partial charge in [0, 0.05) is 39.5 Å². The van der Waals surface area contributed by atoms with Crippen LogP contribution in [0.15, 0.2) is 12.4 Å². The largest absolute Gasteiger partial charge is 0.349 e. The van der Waals surface area contributed by atoms with E-state index in [2.05, 4.69) is 10.3 Å². The van der Waals surface area contributed by atoms with Crippen molar-refractivity contribution < 1.29 is 4.79 Å². The van der Waals surface area contributed by atoms with E-state index >= 15 is 0 Å². The van der Waals surface area contributed by atoms with E-state index in [4.69, 9.17) is 0 Å². The molecule has 1 amide bonds. The summed E-state index contributed by atoms with van der Waals surface area (Å²) in [6, 6.07) is 0. The summed E-state index contributed by atoms with van der Waals surface area (Å²) in [5.41, 5.74) is 0. The lowest BCUT2D eigenvalue weighted by atomic mass is 10.3. The molecule has 0 aliphatic carbocycles. The summed E-state index contributed by atoms with van der Waals surface area (Å²) >= 11 is 0. The molecule has 1 aromatic rings. The lowest BCUT2D eigenvalue weighted by Gasteiger charge is -2.11. The first-order chi connectivity index (χ1) is 7.15. The summed E-state index contributed by atoms with van der Waals surface area (Å²) in [5.74, 6) is 1.10. The molecule has 0 saturated heterocycles. The lowest BCUT2D eigenvalue weighted by molar-refractivity contribution is -0.128. The Morgan fingerprint density at radius 1 is 1.60 bits per heavy atom. The number of rotatable bonds is 5. The van der Waals surface area contributed by atoms with Gasteiger partial charge in [-0.05, 0) is 7.05 Å². The SMILES string of the molecule is CNCc1nccn1CCC(=O)N(C)C. The van der Waals surface area contributed by atoms with Gasteiger partial charge in [0.05, 0.1) is 6.54 Å². The van der Waals surface area contributed by atoms with Gasteiger partial charge in [0.25, 0.3) is 0 Å². The van der Waals surface area contributed by atoms with E-state index in [1.54, 1.807) is 25.2 Å². The monoisotopic (exact) mass is 210 g/mol. The minimum Gasteiger partial charge on any atom is -0.349 e. The van der Waals surface area contributed by atoms with E-state index in [0.29, 0.717) is 13.0 Å². The number of aromatic nitrogens is 2. The molecule has 0 atom stereocenters. The molecule has 0 saturated carbocycles. The molecule has 0 aliphatic heterocycles. The second kappa shape index (κ2) is 5.50. The van der Waals surface area contributed by atoms with Crippen LogP contribution < -0.4 is 5.32 Å². The smallest absolute Gasteiger partial charge is 0.223 e. The first kappa shape index (κ1) is 11.7. The number of hydrogen-bond acceptors (Lipinski definition) is 3. The number of carbonyl (C=O) groups is 1. The molecular formula is C10H18N4O. The Kier molecular flexibility index (Phi) is 4.30. The molecule has 0 fully saturated rings. The molecule has 0 aliphatic rings. The Balaban J connectivity index is 2.50. The maximum Gasteiger partial charge on any atom is 0.223 e. The van der Waals surface area contributed by atoms with E-state index in [1.165, 1.54) is 0 Å². The number of imidazole rings is 1. The van der Waals surface area contributed by atoms with Gasteiger partial charge in [-0.2, -0.15) is 0 Å². The predicted molar refractivity (Wildman–Crippen MR) is 58.3 cm³/mol. The third-order valence-corrected chi connectivity index (χ3v) is 2.20. The van der Waals surface area contributed by atoms with Gasteiger partial charge in [-0.25, -0.2) is 4.98 Å². The summed E-state index contributed by atoms with van der Waals surface area (Å²) in [4.78, 5) is 17.2. The highest BCUT2D eigenvalue weighted by molar-refractivity contribution is 5.75. The molecule has 1 heterocycles. The van der Waals surface area contributed by atoms with Crippen molar-refractivity contribution in [3.63, 3.8) is 0 Å². The first-order valence-electron chi connectivity index (χ1n) is 5.00. The van der Waals surface area contributed by atoms with Gasteiger partial charge in [-0.15, -0.1) is 0 Å². The van der Waals surface area contributed by atoms with Crippen molar-refractivity contribution in [2.45, 2.75) is 19.5 Å². The molecule has 1 rings (SSSR count). The Morgan fingerprint density at radius 2 is 2.33 bits per heavy atom. The zero-order valence-corrected chi connectivity index (χ0v) is 9.53. The number of carbonyl (C=O) groups excluding carboxylic acids is 1. The minimum atomic E-state index is 0.138. The predicted octanol–water partition coefficient (Wildman–Crippen LogP) is 0.0808. The second-order valence-electron chi connectivity index (χ2n) is 3.61. The van der Waals surface area contributed by atoms with Crippen molar-refractivity contribution in [3.05, 3.63) is 18.2 Å². The second-order valence-corrected chi connectivity index (χ2v) is 3.61. The van der Waals surface area contributed by atoms with E-state index < -0.39 is 0 Å². The van der Waals surface area contributed by atoms with Gasteiger partial charge in [0.1, 0.15) is 5.82 Å². The lowest BCUT2D eigenvalue weighted by Crippen LogP contribution is -2.23. The molecule has 5 heteroatoms. The Labute approximate surface area is 90.1 Å². The van der Waals surface area contributed by atoms with Crippen molar-refractivity contribution in [2.24, 2.45) is 0 Å². The van der Waals surface area contributed by atoms with Crippen molar-refractivity contribution >= 4 is 5.91 Å². The number of hydrogen-bond donors (Lipinski definition) is 1. The van der Waals surface area contributed by atoms with Crippen LogP contribution in [-0.2, 0) is 17.9 Å². The zero-order valence-electron chi connectivity index (χ0n) is 9.53. The van der Waals surface area contributed by atoms with Crippen LogP contribution in [0.3, 0.4) is 0 Å². The van der Waals surface area contributed by atoms with Crippen molar-refractivity contribution in [3.8, 4) is 0 Å². The molecular weight excluding hydrogens is 192 g/mol. The zero-order chi connectivity index (χ0) is 11.3. The summed E-state index contributed by atoms with van der Waals surface area (Å²) in [6.07, 6.45) is 4.17. The summed E-state index contributed by atoms with van der Waals surface area (Å²) < 4.78 is 2.00. The highest BCUT2D eigenvalue weighted by Gasteiger charge is 2.06. The highest BCUT2D eigenvalue weighted by Crippen LogP contribution is 2.00. The quantitative estimate of drug-likeness (QED) is 0.749. The van der Waals surface area contributed by atoms with Crippen LogP contribution in [0.1, 0.15) is 12.2 Å². The summed E-state index contributed by atoms with van der Waals surface area (Å²) in [7, 11) is 5.42. The molecule has 0 unspecified atom stereocenters. The van der Waals surface area contributed by atoms with Crippen LogP contribution in [0, 0.1) is 0 Å².